The largest absolute Gasteiger partial charge is 0.317 e. The first-order valence-electron chi connectivity index (χ1n) is 6.46. The summed E-state index contributed by atoms with van der Waals surface area (Å²) in [7, 11) is 0. The molecule has 1 fully saturated rings. The van der Waals surface area contributed by atoms with Gasteiger partial charge in [0.25, 0.3) is 0 Å². The quantitative estimate of drug-likeness (QED) is 0.816. The molecule has 1 N–H and O–H groups in total. The van der Waals surface area contributed by atoms with Gasteiger partial charge in [0.15, 0.2) is 5.78 Å². The van der Waals surface area contributed by atoms with Gasteiger partial charge in [-0.15, -0.1) is 0 Å². The highest BCUT2D eigenvalue weighted by Crippen LogP contribution is 2.34. The van der Waals surface area contributed by atoms with Gasteiger partial charge in [0, 0.05) is 5.41 Å². The molecule has 18 heavy (non-hydrogen) atoms. The minimum absolute atomic E-state index is 0.0426. The maximum absolute atomic E-state index is 14.1. The molecular formula is C15H20FNO. The summed E-state index contributed by atoms with van der Waals surface area (Å²) in [5.41, 5.74) is 1.46. The number of rotatable bonds is 2. The van der Waals surface area contributed by atoms with Crippen LogP contribution in [0.1, 0.15) is 41.3 Å². The van der Waals surface area contributed by atoms with Crippen LogP contribution in [0, 0.1) is 25.1 Å². The molecule has 0 aliphatic carbocycles. The number of benzene rings is 1. The van der Waals surface area contributed by atoms with Crippen molar-refractivity contribution in [2.75, 3.05) is 13.1 Å². The van der Waals surface area contributed by atoms with Gasteiger partial charge in [-0.2, -0.15) is 0 Å². The normalized spacial score (nSPS) is 18.7. The van der Waals surface area contributed by atoms with Crippen LogP contribution in [0.2, 0.25) is 0 Å². The zero-order valence-electron chi connectivity index (χ0n) is 11.3. The zero-order valence-corrected chi connectivity index (χ0v) is 11.3. The number of halogens is 1. The molecule has 2 nitrogen and oxygen atoms in total. The number of hydrogen-bond donors (Lipinski definition) is 1. The third kappa shape index (κ3) is 2.32. The minimum Gasteiger partial charge on any atom is -0.317 e. The van der Waals surface area contributed by atoms with Gasteiger partial charge < -0.3 is 5.32 Å². The Kier molecular flexibility index (Phi) is 3.53. The molecule has 0 saturated carbocycles. The van der Waals surface area contributed by atoms with Crippen LogP contribution in [0.15, 0.2) is 12.1 Å². The van der Waals surface area contributed by atoms with E-state index >= 15 is 0 Å². The summed E-state index contributed by atoms with van der Waals surface area (Å²) in [6.07, 6.45) is 1.55. The monoisotopic (exact) mass is 249 g/mol. The van der Waals surface area contributed by atoms with Crippen LogP contribution in [-0.2, 0) is 0 Å². The molecule has 0 aromatic heterocycles. The summed E-state index contributed by atoms with van der Waals surface area (Å²) in [6.45, 7) is 7.27. The van der Waals surface area contributed by atoms with Crippen molar-refractivity contribution in [2.45, 2.75) is 33.6 Å². The van der Waals surface area contributed by atoms with Crippen molar-refractivity contribution < 1.29 is 9.18 Å². The third-order valence-corrected chi connectivity index (χ3v) is 3.91. The molecule has 1 aromatic rings. The van der Waals surface area contributed by atoms with E-state index < -0.39 is 5.41 Å². The lowest BCUT2D eigenvalue weighted by molar-refractivity contribution is 0.0757. The molecular weight excluding hydrogens is 229 g/mol. The van der Waals surface area contributed by atoms with E-state index in [-0.39, 0.29) is 17.2 Å². The number of Topliss-reactive ketones (excluding diaryl/α,β-unsaturated/α-hetero) is 1. The van der Waals surface area contributed by atoms with Crippen molar-refractivity contribution in [1.29, 1.82) is 0 Å². The molecule has 0 amide bonds. The Balaban J connectivity index is 2.39. The summed E-state index contributed by atoms with van der Waals surface area (Å²) >= 11 is 0. The topological polar surface area (TPSA) is 29.1 Å². The summed E-state index contributed by atoms with van der Waals surface area (Å²) in [5, 5.41) is 3.24. The van der Waals surface area contributed by atoms with Crippen molar-refractivity contribution >= 4 is 5.78 Å². The fraction of sp³-hybridized carbons (Fsp3) is 0.533. The average Bonchev–Trinajstić information content (AvgIpc) is 2.28. The minimum atomic E-state index is -0.424. The van der Waals surface area contributed by atoms with Crippen LogP contribution in [-0.4, -0.2) is 18.9 Å². The van der Waals surface area contributed by atoms with Gasteiger partial charge in [-0.3, -0.25) is 4.79 Å². The van der Waals surface area contributed by atoms with Gasteiger partial charge in [0.05, 0.1) is 5.56 Å². The number of carbonyl (C=O) groups is 1. The molecule has 2 rings (SSSR count). The highest BCUT2D eigenvalue weighted by atomic mass is 19.1. The molecule has 1 aromatic carbocycles. The second kappa shape index (κ2) is 4.81. The fourth-order valence-electron chi connectivity index (χ4n) is 2.71. The van der Waals surface area contributed by atoms with E-state index in [2.05, 4.69) is 5.32 Å². The van der Waals surface area contributed by atoms with Gasteiger partial charge in [0.2, 0.25) is 0 Å². The Morgan fingerprint density at radius 3 is 2.44 bits per heavy atom. The lowest BCUT2D eigenvalue weighted by Gasteiger charge is -2.33. The molecule has 0 radical (unpaired) electrons. The van der Waals surface area contributed by atoms with Crippen molar-refractivity contribution in [3.8, 4) is 0 Å². The van der Waals surface area contributed by atoms with Crippen molar-refractivity contribution in [1.82, 2.24) is 5.32 Å². The van der Waals surface area contributed by atoms with Gasteiger partial charge in [-0.1, -0.05) is 13.0 Å². The van der Waals surface area contributed by atoms with Crippen LogP contribution >= 0.6 is 0 Å². The lowest BCUT2D eigenvalue weighted by Crippen LogP contribution is -2.40. The van der Waals surface area contributed by atoms with E-state index in [1.807, 2.05) is 26.8 Å². The smallest absolute Gasteiger partial charge is 0.172 e. The predicted octanol–water partition coefficient (Wildman–Crippen LogP) is 3.01. The predicted molar refractivity (Wildman–Crippen MR) is 70.4 cm³/mol. The lowest BCUT2D eigenvalue weighted by atomic mass is 9.74. The number of piperidine rings is 1. The van der Waals surface area contributed by atoms with Crippen LogP contribution in [0.5, 0.6) is 0 Å². The Hall–Kier alpha value is -1.22. The number of aryl methyl sites for hydroxylation is 2. The van der Waals surface area contributed by atoms with Gasteiger partial charge in [-0.05, 0) is 57.0 Å². The average molecular weight is 249 g/mol. The van der Waals surface area contributed by atoms with Crippen molar-refractivity contribution in [3.63, 3.8) is 0 Å². The van der Waals surface area contributed by atoms with E-state index in [4.69, 9.17) is 0 Å². The summed E-state index contributed by atoms with van der Waals surface area (Å²) < 4.78 is 14.1. The molecule has 1 saturated heterocycles. The van der Waals surface area contributed by atoms with Gasteiger partial charge in [-0.25, -0.2) is 4.39 Å². The van der Waals surface area contributed by atoms with E-state index in [0.29, 0.717) is 0 Å². The summed E-state index contributed by atoms with van der Waals surface area (Å²) in [6, 6.07) is 3.32. The third-order valence-electron chi connectivity index (χ3n) is 3.91. The Morgan fingerprint density at radius 2 is 1.89 bits per heavy atom. The summed E-state index contributed by atoms with van der Waals surface area (Å²) in [5.74, 6) is -0.420. The first-order valence-corrected chi connectivity index (χ1v) is 6.46. The number of carbonyl (C=O) groups excluding carboxylic acids is 1. The van der Waals surface area contributed by atoms with Crippen molar-refractivity contribution in [3.05, 3.63) is 34.6 Å². The first-order chi connectivity index (χ1) is 8.44. The SMILES string of the molecule is Cc1cc(C)c(C(=O)C2(C)CCNCC2)c(F)c1. The molecule has 0 unspecified atom stereocenters. The standard InChI is InChI=1S/C15H20FNO/c1-10-8-11(2)13(12(16)9-10)14(18)15(3)4-6-17-7-5-15/h8-9,17H,4-7H2,1-3H3. The first kappa shape index (κ1) is 13.2. The summed E-state index contributed by atoms with van der Waals surface area (Å²) in [4.78, 5) is 12.6. The van der Waals surface area contributed by atoms with E-state index in [1.165, 1.54) is 6.07 Å². The number of ketones is 1. The van der Waals surface area contributed by atoms with Crippen LogP contribution in [0.4, 0.5) is 4.39 Å². The second-order valence-corrected chi connectivity index (χ2v) is 5.58. The van der Waals surface area contributed by atoms with Crippen LogP contribution in [0.25, 0.3) is 0 Å². The van der Waals surface area contributed by atoms with Crippen LogP contribution in [0.3, 0.4) is 0 Å². The maximum Gasteiger partial charge on any atom is 0.172 e. The molecule has 98 valence electrons. The molecule has 0 spiro atoms. The van der Waals surface area contributed by atoms with E-state index in [9.17, 15) is 9.18 Å². The van der Waals surface area contributed by atoms with E-state index in [0.717, 1.165) is 37.1 Å². The molecule has 0 atom stereocenters. The fourth-order valence-corrected chi connectivity index (χ4v) is 2.71. The number of nitrogens with one attached hydrogen (secondary N) is 1. The molecule has 1 aliphatic heterocycles. The number of hydrogen-bond acceptors (Lipinski definition) is 2. The molecule has 0 bridgehead atoms. The molecule has 3 heteroatoms. The van der Waals surface area contributed by atoms with E-state index in [1.54, 1.807) is 0 Å². The van der Waals surface area contributed by atoms with Crippen LogP contribution < -0.4 is 5.32 Å². The second-order valence-electron chi connectivity index (χ2n) is 5.58. The Labute approximate surface area is 108 Å². The molecule has 1 heterocycles. The van der Waals surface area contributed by atoms with Crippen molar-refractivity contribution in [2.24, 2.45) is 5.41 Å². The highest BCUT2D eigenvalue weighted by Gasteiger charge is 2.37. The Morgan fingerprint density at radius 1 is 1.28 bits per heavy atom. The van der Waals surface area contributed by atoms with Gasteiger partial charge >= 0.3 is 0 Å². The maximum atomic E-state index is 14.1. The van der Waals surface area contributed by atoms with Gasteiger partial charge in [0.1, 0.15) is 5.82 Å². The molecule has 1 aliphatic rings. The zero-order chi connectivity index (χ0) is 13.3. The Bertz CT molecular complexity index is 452. The highest BCUT2D eigenvalue weighted by molar-refractivity contribution is 6.01.